The molecule has 0 aliphatic rings. The quantitative estimate of drug-likeness (QED) is 0.736. The van der Waals surface area contributed by atoms with Crippen LogP contribution in [0.25, 0.3) is 0 Å². The number of carbonyl (C=O) groups excluding carboxylic acids is 3. The van der Waals surface area contributed by atoms with Crippen molar-refractivity contribution in [3.8, 4) is 0 Å². The summed E-state index contributed by atoms with van der Waals surface area (Å²) < 4.78 is 10.1. The molecule has 0 aliphatic carbocycles. The van der Waals surface area contributed by atoms with Crippen molar-refractivity contribution >= 4 is 33.8 Å². The van der Waals surface area contributed by atoms with Crippen LogP contribution >= 0.6 is 15.9 Å². The van der Waals surface area contributed by atoms with Crippen molar-refractivity contribution in [1.82, 2.24) is 5.32 Å². The summed E-state index contributed by atoms with van der Waals surface area (Å²) in [4.78, 5) is 34.6. The standard InChI is InChI=1S/C15H18BrNO5/c1-21-14(19)7-6-13(18)17-12(15(20)22-2)9-10-4-3-5-11(16)8-10/h3-5,8,12H,6-7,9H2,1-2H3,(H,17,18)/t12-/m0/s1. The highest BCUT2D eigenvalue weighted by Crippen LogP contribution is 2.13. The van der Waals surface area contributed by atoms with Crippen LogP contribution in [0.4, 0.5) is 0 Å². The van der Waals surface area contributed by atoms with Crippen LogP contribution in [0.1, 0.15) is 18.4 Å². The van der Waals surface area contributed by atoms with Crippen molar-refractivity contribution in [2.75, 3.05) is 14.2 Å². The van der Waals surface area contributed by atoms with Gasteiger partial charge >= 0.3 is 11.9 Å². The van der Waals surface area contributed by atoms with Crippen LogP contribution in [0.2, 0.25) is 0 Å². The maximum absolute atomic E-state index is 11.8. The van der Waals surface area contributed by atoms with E-state index < -0.39 is 23.9 Å². The van der Waals surface area contributed by atoms with E-state index in [1.54, 1.807) is 0 Å². The van der Waals surface area contributed by atoms with Gasteiger partial charge in [-0.2, -0.15) is 0 Å². The minimum Gasteiger partial charge on any atom is -0.469 e. The van der Waals surface area contributed by atoms with Gasteiger partial charge in [0.2, 0.25) is 5.91 Å². The van der Waals surface area contributed by atoms with Crippen molar-refractivity contribution < 1.29 is 23.9 Å². The Morgan fingerprint density at radius 3 is 2.50 bits per heavy atom. The van der Waals surface area contributed by atoms with E-state index in [0.717, 1.165) is 10.0 Å². The molecule has 6 nitrogen and oxygen atoms in total. The largest absolute Gasteiger partial charge is 0.469 e. The van der Waals surface area contributed by atoms with Gasteiger partial charge in [0.05, 0.1) is 20.6 Å². The molecule has 1 rings (SSSR count). The van der Waals surface area contributed by atoms with Crippen molar-refractivity contribution in [3.63, 3.8) is 0 Å². The Morgan fingerprint density at radius 2 is 1.91 bits per heavy atom. The van der Waals surface area contributed by atoms with Crippen LogP contribution in [0, 0.1) is 0 Å². The summed E-state index contributed by atoms with van der Waals surface area (Å²) in [5, 5.41) is 2.58. The molecule has 0 fully saturated rings. The van der Waals surface area contributed by atoms with E-state index in [0.29, 0.717) is 6.42 Å². The average molecular weight is 372 g/mol. The Bertz CT molecular complexity index is 546. The highest BCUT2D eigenvalue weighted by molar-refractivity contribution is 9.10. The van der Waals surface area contributed by atoms with E-state index >= 15 is 0 Å². The molecule has 0 saturated heterocycles. The van der Waals surface area contributed by atoms with Gasteiger partial charge in [0, 0.05) is 17.3 Å². The molecule has 7 heteroatoms. The number of halogens is 1. The first-order chi connectivity index (χ1) is 10.5. The zero-order valence-corrected chi connectivity index (χ0v) is 14.0. The lowest BCUT2D eigenvalue weighted by molar-refractivity contribution is -0.145. The zero-order valence-electron chi connectivity index (χ0n) is 12.4. The molecule has 0 unspecified atom stereocenters. The Kier molecular flexibility index (Phi) is 7.59. The Hall–Kier alpha value is -1.89. The molecule has 0 saturated carbocycles. The topological polar surface area (TPSA) is 81.7 Å². The molecule has 120 valence electrons. The fraction of sp³-hybridized carbons (Fsp3) is 0.400. The monoisotopic (exact) mass is 371 g/mol. The summed E-state index contributed by atoms with van der Waals surface area (Å²) in [6, 6.07) is 6.61. The van der Waals surface area contributed by atoms with E-state index in [4.69, 9.17) is 4.74 Å². The lowest BCUT2D eigenvalue weighted by Gasteiger charge is -2.16. The van der Waals surface area contributed by atoms with E-state index in [-0.39, 0.29) is 12.8 Å². The minimum absolute atomic E-state index is 0.0346. The molecule has 22 heavy (non-hydrogen) atoms. The normalized spacial score (nSPS) is 11.4. The number of hydrogen-bond acceptors (Lipinski definition) is 5. The van der Waals surface area contributed by atoms with Crippen LogP contribution in [0.3, 0.4) is 0 Å². The first-order valence-electron chi connectivity index (χ1n) is 6.64. The summed E-state index contributed by atoms with van der Waals surface area (Å²) >= 11 is 3.35. The lowest BCUT2D eigenvalue weighted by Crippen LogP contribution is -2.43. The first-order valence-corrected chi connectivity index (χ1v) is 7.44. The lowest BCUT2D eigenvalue weighted by atomic mass is 10.1. The van der Waals surface area contributed by atoms with E-state index in [1.807, 2.05) is 24.3 Å². The zero-order chi connectivity index (χ0) is 16.5. The molecule has 1 aromatic rings. The second kappa shape index (κ2) is 9.19. The molecule has 0 radical (unpaired) electrons. The Balaban J connectivity index is 2.66. The van der Waals surface area contributed by atoms with Gasteiger partial charge < -0.3 is 14.8 Å². The number of hydrogen-bond donors (Lipinski definition) is 1. The molecule has 0 spiro atoms. The van der Waals surface area contributed by atoms with E-state index in [9.17, 15) is 14.4 Å². The highest BCUT2D eigenvalue weighted by atomic mass is 79.9. The third-order valence-corrected chi connectivity index (χ3v) is 3.43. The van der Waals surface area contributed by atoms with Gasteiger partial charge in [-0.25, -0.2) is 4.79 Å². The molecular formula is C15H18BrNO5. The molecule has 1 aromatic carbocycles. The summed E-state index contributed by atoms with van der Waals surface area (Å²) in [5.74, 6) is -1.42. The molecule has 0 bridgehead atoms. The number of methoxy groups -OCH3 is 2. The van der Waals surface area contributed by atoms with Gasteiger partial charge in [-0.05, 0) is 17.7 Å². The summed E-state index contributed by atoms with van der Waals surface area (Å²) in [6.07, 6.45) is 0.224. The third-order valence-electron chi connectivity index (χ3n) is 2.93. The first kappa shape index (κ1) is 18.2. The molecule has 0 heterocycles. The smallest absolute Gasteiger partial charge is 0.328 e. The van der Waals surface area contributed by atoms with E-state index in [2.05, 4.69) is 26.0 Å². The van der Waals surface area contributed by atoms with Crippen molar-refractivity contribution in [2.45, 2.75) is 25.3 Å². The second-order valence-corrected chi connectivity index (χ2v) is 5.47. The number of carbonyl (C=O) groups is 3. The van der Waals surface area contributed by atoms with Gasteiger partial charge in [-0.3, -0.25) is 9.59 Å². The van der Waals surface area contributed by atoms with Crippen molar-refractivity contribution in [2.24, 2.45) is 0 Å². The maximum atomic E-state index is 11.8. The van der Waals surface area contributed by atoms with Gasteiger partial charge in [0.25, 0.3) is 0 Å². The molecule has 0 aromatic heterocycles. The number of benzene rings is 1. The predicted octanol–water partition coefficient (Wildman–Crippen LogP) is 1.60. The summed E-state index contributed by atoms with van der Waals surface area (Å²) in [7, 11) is 2.52. The third kappa shape index (κ3) is 6.26. The van der Waals surface area contributed by atoms with Crippen molar-refractivity contribution in [3.05, 3.63) is 34.3 Å². The Labute approximate surface area is 137 Å². The number of rotatable bonds is 7. The SMILES string of the molecule is COC(=O)CCC(=O)N[C@@H](Cc1cccc(Br)c1)C(=O)OC. The summed E-state index contributed by atoms with van der Waals surface area (Å²) in [5.41, 5.74) is 0.873. The maximum Gasteiger partial charge on any atom is 0.328 e. The van der Waals surface area contributed by atoms with Crippen LogP contribution < -0.4 is 5.32 Å². The van der Waals surface area contributed by atoms with Crippen LogP contribution in [0.5, 0.6) is 0 Å². The second-order valence-electron chi connectivity index (χ2n) is 4.55. The number of nitrogens with one attached hydrogen (secondary N) is 1. The molecular weight excluding hydrogens is 354 g/mol. The molecule has 1 N–H and O–H groups in total. The number of ether oxygens (including phenoxy) is 2. The van der Waals surface area contributed by atoms with Gasteiger partial charge in [0.15, 0.2) is 0 Å². The van der Waals surface area contributed by atoms with Crippen LogP contribution in [0.15, 0.2) is 28.7 Å². The average Bonchev–Trinajstić information content (AvgIpc) is 2.51. The molecule has 1 amide bonds. The molecule has 0 aliphatic heterocycles. The molecule has 1 atom stereocenters. The van der Waals surface area contributed by atoms with Gasteiger partial charge in [0.1, 0.15) is 6.04 Å². The van der Waals surface area contributed by atoms with Crippen LogP contribution in [-0.2, 0) is 30.3 Å². The Morgan fingerprint density at radius 1 is 1.18 bits per heavy atom. The highest BCUT2D eigenvalue weighted by Gasteiger charge is 2.22. The van der Waals surface area contributed by atoms with Crippen LogP contribution in [-0.4, -0.2) is 38.1 Å². The van der Waals surface area contributed by atoms with Gasteiger partial charge in [-0.15, -0.1) is 0 Å². The van der Waals surface area contributed by atoms with E-state index in [1.165, 1.54) is 14.2 Å². The van der Waals surface area contributed by atoms with Gasteiger partial charge in [-0.1, -0.05) is 28.1 Å². The fourth-order valence-electron chi connectivity index (χ4n) is 1.82. The number of amides is 1. The fourth-order valence-corrected chi connectivity index (χ4v) is 2.27. The van der Waals surface area contributed by atoms with Crippen molar-refractivity contribution in [1.29, 1.82) is 0 Å². The predicted molar refractivity (Wildman–Crippen MR) is 83.0 cm³/mol. The minimum atomic E-state index is -0.801. The number of esters is 2. The summed E-state index contributed by atoms with van der Waals surface area (Å²) in [6.45, 7) is 0.